The molecule has 0 saturated carbocycles. The van der Waals surface area contributed by atoms with Gasteiger partial charge in [0.15, 0.2) is 0 Å². The van der Waals surface area contributed by atoms with Crippen LogP contribution >= 0.6 is 0 Å². The Morgan fingerprint density at radius 1 is 1.06 bits per heavy atom. The second-order valence-electron chi connectivity index (χ2n) is 6.14. The molecule has 0 aromatic heterocycles. The van der Waals surface area contributed by atoms with Crippen molar-refractivity contribution in [1.82, 2.24) is 15.1 Å². The number of nitrogens with zero attached hydrogens (tertiary/aromatic N) is 2. The zero-order chi connectivity index (χ0) is 13.4. The molecule has 1 fully saturated rings. The quantitative estimate of drug-likeness (QED) is 0.670. The van der Waals surface area contributed by atoms with Gasteiger partial charge in [-0.2, -0.15) is 0 Å². The van der Waals surface area contributed by atoms with Crippen LogP contribution < -0.4 is 5.32 Å². The minimum atomic E-state index is 0.683. The molecule has 0 amide bonds. The minimum Gasteiger partial charge on any atom is -0.315 e. The van der Waals surface area contributed by atoms with Gasteiger partial charge in [-0.3, -0.25) is 4.90 Å². The largest absolute Gasteiger partial charge is 0.315 e. The average molecular weight is 255 g/mol. The summed E-state index contributed by atoms with van der Waals surface area (Å²) in [5.74, 6) is 0.796. The zero-order valence-corrected chi connectivity index (χ0v) is 12.9. The highest BCUT2D eigenvalue weighted by atomic mass is 15.3. The molecule has 1 heterocycles. The van der Waals surface area contributed by atoms with Crippen molar-refractivity contribution in [2.45, 2.75) is 46.6 Å². The molecule has 0 spiro atoms. The first kappa shape index (κ1) is 15.9. The average Bonchev–Trinajstić information content (AvgIpc) is 2.34. The van der Waals surface area contributed by atoms with Gasteiger partial charge in [0, 0.05) is 45.3 Å². The van der Waals surface area contributed by atoms with Crippen molar-refractivity contribution in [2.75, 3.05) is 45.8 Å². The van der Waals surface area contributed by atoms with Crippen LogP contribution in [-0.4, -0.2) is 61.7 Å². The Morgan fingerprint density at radius 3 is 2.28 bits per heavy atom. The molecule has 0 radical (unpaired) electrons. The van der Waals surface area contributed by atoms with Gasteiger partial charge < -0.3 is 10.2 Å². The maximum absolute atomic E-state index is 3.57. The number of hydrogen-bond donors (Lipinski definition) is 1. The van der Waals surface area contributed by atoms with Crippen LogP contribution in [0.25, 0.3) is 0 Å². The first-order valence-corrected chi connectivity index (χ1v) is 7.80. The molecule has 1 aliphatic rings. The van der Waals surface area contributed by atoms with E-state index in [9.17, 15) is 0 Å². The van der Waals surface area contributed by atoms with Crippen molar-refractivity contribution in [3.63, 3.8) is 0 Å². The molecular formula is C15H33N3. The summed E-state index contributed by atoms with van der Waals surface area (Å²) in [5.41, 5.74) is 0. The van der Waals surface area contributed by atoms with E-state index >= 15 is 0 Å². The van der Waals surface area contributed by atoms with E-state index in [1.807, 2.05) is 0 Å². The van der Waals surface area contributed by atoms with Crippen LogP contribution in [0.3, 0.4) is 0 Å². The van der Waals surface area contributed by atoms with Gasteiger partial charge in [0.05, 0.1) is 0 Å². The van der Waals surface area contributed by atoms with Crippen molar-refractivity contribution in [1.29, 1.82) is 0 Å². The fourth-order valence-corrected chi connectivity index (χ4v) is 2.64. The highest BCUT2D eigenvalue weighted by molar-refractivity contribution is 4.77. The zero-order valence-electron chi connectivity index (χ0n) is 12.9. The second-order valence-corrected chi connectivity index (χ2v) is 6.14. The lowest BCUT2D eigenvalue weighted by atomic mass is 10.1. The fraction of sp³-hybridized carbons (Fsp3) is 1.00. The Bertz CT molecular complexity index is 198. The maximum Gasteiger partial charge on any atom is 0.0193 e. The summed E-state index contributed by atoms with van der Waals surface area (Å²) in [6, 6.07) is 0.683. The van der Waals surface area contributed by atoms with Gasteiger partial charge in [-0.1, -0.05) is 27.2 Å². The van der Waals surface area contributed by atoms with E-state index in [0.29, 0.717) is 6.04 Å². The summed E-state index contributed by atoms with van der Waals surface area (Å²) in [7, 11) is 0. The summed E-state index contributed by atoms with van der Waals surface area (Å²) in [5, 5.41) is 3.57. The fourth-order valence-electron chi connectivity index (χ4n) is 2.64. The third-order valence-corrected chi connectivity index (χ3v) is 3.80. The van der Waals surface area contributed by atoms with Crippen molar-refractivity contribution < 1.29 is 0 Å². The van der Waals surface area contributed by atoms with E-state index in [1.165, 1.54) is 52.1 Å². The van der Waals surface area contributed by atoms with Gasteiger partial charge >= 0.3 is 0 Å². The third-order valence-electron chi connectivity index (χ3n) is 3.80. The highest BCUT2D eigenvalue weighted by Crippen LogP contribution is 2.08. The SMILES string of the molecule is CCCCNCC(C)N1CCN(CC(C)C)CC1. The Labute approximate surface area is 114 Å². The van der Waals surface area contributed by atoms with Gasteiger partial charge in [-0.25, -0.2) is 0 Å². The third kappa shape index (κ3) is 6.17. The normalized spacial score (nSPS) is 20.5. The van der Waals surface area contributed by atoms with E-state index in [4.69, 9.17) is 0 Å². The molecule has 0 aromatic rings. The van der Waals surface area contributed by atoms with Gasteiger partial charge in [-0.15, -0.1) is 0 Å². The lowest BCUT2D eigenvalue weighted by Gasteiger charge is -2.38. The van der Waals surface area contributed by atoms with E-state index in [-0.39, 0.29) is 0 Å². The summed E-state index contributed by atoms with van der Waals surface area (Å²) in [6.07, 6.45) is 2.59. The predicted octanol–water partition coefficient (Wildman–Crippen LogP) is 2.04. The first-order valence-electron chi connectivity index (χ1n) is 7.80. The van der Waals surface area contributed by atoms with Crippen LogP contribution in [0.4, 0.5) is 0 Å². The van der Waals surface area contributed by atoms with Crippen molar-refractivity contribution in [2.24, 2.45) is 5.92 Å². The van der Waals surface area contributed by atoms with Gasteiger partial charge in [0.2, 0.25) is 0 Å². The molecule has 1 aliphatic heterocycles. The van der Waals surface area contributed by atoms with Crippen molar-refractivity contribution in [3.8, 4) is 0 Å². The molecule has 3 heteroatoms. The second kappa shape index (κ2) is 8.89. The standard InChI is InChI=1S/C15H33N3/c1-5-6-7-16-12-15(4)18-10-8-17(9-11-18)13-14(2)3/h14-16H,5-13H2,1-4H3. The van der Waals surface area contributed by atoms with Crippen LogP contribution in [0, 0.1) is 5.92 Å². The van der Waals surface area contributed by atoms with Crippen molar-refractivity contribution >= 4 is 0 Å². The van der Waals surface area contributed by atoms with E-state index in [0.717, 1.165) is 12.5 Å². The molecule has 18 heavy (non-hydrogen) atoms. The van der Waals surface area contributed by atoms with Crippen LogP contribution in [0.2, 0.25) is 0 Å². The topological polar surface area (TPSA) is 18.5 Å². The molecule has 108 valence electrons. The Morgan fingerprint density at radius 2 is 1.72 bits per heavy atom. The summed E-state index contributed by atoms with van der Waals surface area (Å²) >= 11 is 0. The summed E-state index contributed by atoms with van der Waals surface area (Å²) < 4.78 is 0. The Kier molecular flexibility index (Phi) is 7.87. The van der Waals surface area contributed by atoms with Crippen LogP contribution in [0.1, 0.15) is 40.5 Å². The first-order chi connectivity index (χ1) is 8.63. The van der Waals surface area contributed by atoms with Gasteiger partial charge in [0.1, 0.15) is 0 Å². The number of rotatable bonds is 8. The number of unbranched alkanes of at least 4 members (excludes halogenated alkanes) is 1. The van der Waals surface area contributed by atoms with Crippen LogP contribution in [0.5, 0.6) is 0 Å². The number of hydrogen-bond acceptors (Lipinski definition) is 3. The van der Waals surface area contributed by atoms with Crippen molar-refractivity contribution in [3.05, 3.63) is 0 Å². The molecule has 0 bridgehead atoms. The van der Waals surface area contributed by atoms with Gasteiger partial charge in [-0.05, 0) is 25.8 Å². The smallest absolute Gasteiger partial charge is 0.0193 e. The van der Waals surface area contributed by atoms with E-state index in [1.54, 1.807) is 0 Å². The predicted molar refractivity (Wildman–Crippen MR) is 80.1 cm³/mol. The van der Waals surface area contributed by atoms with Crippen LogP contribution in [0.15, 0.2) is 0 Å². The number of nitrogens with one attached hydrogen (secondary N) is 1. The van der Waals surface area contributed by atoms with E-state index in [2.05, 4.69) is 42.8 Å². The van der Waals surface area contributed by atoms with Crippen LogP contribution in [-0.2, 0) is 0 Å². The lowest BCUT2D eigenvalue weighted by molar-refractivity contribution is 0.0943. The molecule has 1 unspecified atom stereocenters. The maximum atomic E-state index is 3.57. The summed E-state index contributed by atoms with van der Waals surface area (Å²) in [4.78, 5) is 5.24. The molecule has 0 aromatic carbocycles. The Hall–Kier alpha value is -0.120. The molecule has 1 saturated heterocycles. The molecule has 1 atom stereocenters. The monoisotopic (exact) mass is 255 g/mol. The van der Waals surface area contributed by atoms with Gasteiger partial charge in [0.25, 0.3) is 0 Å². The summed E-state index contributed by atoms with van der Waals surface area (Å²) in [6.45, 7) is 17.8. The molecule has 1 N–H and O–H groups in total. The minimum absolute atomic E-state index is 0.683. The number of piperazine rings is 1. The Balaban J connectivity index is 2.13. The molecular weight excluding hydrogens is 222 g/mol. The van der Waals surface area contributed by atoms with E-state index < -0.39 is 0 Å². The lowest BCUT2D eigenvalue weighted by Crippen LogP contribution is -2.52. The molecule has 0 aliphatic carbocycles. The molecule has 1 rings (SSSR count). The highest BCUT2D eigenvalue weighted by Gasteiger charge is 2.20. The molecule has 3 nitrogen and oxygen atoms in total.